The number of hydrogen-bond acceptors (Lipinski definition) is 4. The fraction of sp³-hybridized carbons (Fsp3) is 0.545. The molecule has 90 valence electrons. The molecule has 0 saturated carbocycles. The van der Waals surface area contributed by atoms with Crippen LogP contribution in [0.25, 0.3) is 0 Å². The maximum atomic E-state index is 11.4. The number of amides is 1. The molecule has 2 atom stereocenters. The fourth-order valence-corrected chi connectivity index (χ4v) is 2.13. The van der Waals surface area contributed by atoms with Crippen molar-refractivity contribution in [3.8, 4) is 0 Å². The molecule has 0 aromatic carbocycles. The highest BCUT2D eigenvalue weighted by Crippen LogP contribution is 2.19. The largest absolute Gasteiger partial charge is 0.353 e. The summed E-state index contributed by atoms with van der Waals surface area (Å²) < 4.78 is 0. The molecular formula is C11H19N3OS. The number of thiophene rings is 1. The van der Waals surface area contributed by atoms with Crippen molar-refractivity contribution < 1.29 is 4.79 Å². The fourth-order valence-electron chi connectivity index (χ4n) is 1.42. The van der Waals surface area contributed by atoms with Crippen LogP contribution in [0.1, 0.15) is 18.5 Å². The van der Waals surface area contributed by atoms with Gasteiger partial charge in [-0.15, -0.1) is 0 Å². The minimum atomic E-state index is -0.453. The topological polar surface area (TPSA) is 58.4 Å². The van der Waals surface area contributed by atoms with Gasteiger partial charge in [-0.25, -0.2) is 0 Å². The first-order valence-corrected chi connectivity index (χ1v) is 6.18. The second-order valence-corrected chi connectivity index (χ2v) is 4.85. The van der Waals surface area contributed by atoms with E-state index in [0.717, 1.165) is 0 Å². The second-order valence-electron chi connectivity index (χ2n) is 4.07. The Morgan fingerprint density at radius 3 is 2.75 bits per heavy atom. The van der Waals surface area contributed by atoms with Crippen molar-refractivity contribution >= 4 is 17.2 Å². The Labute approximate surface area is 100 Å². The average Bonchev–Trinajstić information content (AvgIpc) is 2.70. The highest BCUT2D eigenvalue weighted by molar-refractivity contribution is 7.07. The van der Waals surface area contributed by atoms with Crippen LogP contribution in [0.5, 0.6) is 0 Å². The molecule has 4 nitrogen and oxygen atoms in total. The van der Waals surface area contributed by atoms with Crippen molar-refractivity contribution in [3.05, 3.63) is 22.4 Å². The molecule has 0 saturated heterocycles. The maximum absolute atomic E-state index is 11.4. The van der Waals surface area contributed by atoms with E-state index in [1.54, 1.807) is 18.3 Å². The van der Waals surface area contributed by atoms with Gasteiger partial charge in [-0.1, -0.05) is 0 Å². The Bertz CT molecular complexity index is 322. The van der Waals surface area contributed by atoms with E-state index < -0.39 is 6.04 Å². The first kappa shape index (κ1) is 13.2. The smallest absolute Gasteiger partial charge is 0.236 e. The maximum Gasteiger partial charge on any atom is 0.236 e. The van der Waals surface area contributed by atoms with Crippen LogP contribution in [0.3, 0.4) is 0 Å². The normalized spacial score (nSPS) is 14.8. The summed E-state index contributed by atoms with van der Waals surface area (Å²) in [6.45, 7) is 2.27. The average molecular weight is 241 g/mol. The van der Waals surface area contributed by atoms with Crippen molar-refractivity contribution in [2.75, 3.05) is 20.6 Å². The summed E-state index contributed by atoms with van der Waals surface area (Å²) >= 11 is 1.66. The molecule has 0 aliphatic rings. The third-order valence-electron chi connectivity index (χ3n) is 2.43. The van der Waals surface area contributed by atoms with Crippen LogP contribution in [0, 0.1) is 0 Å². The molecule has 1 amide bonds. The zero-order chi connectivity index (χ0) is 12.1. The minimum Gasteiger partial charge on any atom is -0.353 e. The number of carbonyl (C=O) groups excluding carboxylic acids is 1. The Morgan fingerprint density at radius 1 is 1.62 bits per heavy atom. The number of nitrogens with two attached hydrogens (primary N) is 1. The Hall–Kier alpha value is -0.910. The lowest BCUT2D eigenvalue weighted by atomic mass is 10.1. The predicted molar refractivity (Wildman–Crippen MR) is 67.4 cm³/mol. The van der Waals surface area contributed by atoms with Gasteiger partial charge in [0.1, 0.15) is 0 Å². The van der Waals surface area contributed by atoms with E-state index in [9.17, 15) is 4.79 Å². The summed E-state index contributed by atoms with van der Waals surface area (Å²) in [5.41, 5.74) is 6.72. The quantitative estimate of drug-likeness (QED) is 0.802. The molecule has 3 N–H and O–H groups in total. The van der Waals surface area contributed by atoms with Crippen molar-refractivity contribution in [1.29, 1.82) is 0 Å². The van der Waals surface area contributed by atoms with Gasteiger partial charge in [0.05, 0.1) is 12.1 Å². The van der Waals surface area contributed by atoms with Crippen molar-refractivity contribution in [3.63, 3.8) is 0 Å². The standard InChI is InChI=1S/C11H19N3OS/c1-8(12)11(15)13-6-10(14(2)3)9-4-5-16-7-9/h4-5,7-8,10H,6,12H2,1-3H3,(H,13,15). The van der Waals surface area contributed by atoms with E-state index in [4.69, 9.17) is 5.73 Å². The van der Waals surface area contributed by atoms with Gasteiger partial charge in [0.15, 0.2) is 0 Å². The number of likely N-dealkylation sites (N-methyl/N-ethyl adjacent to an activating group) is 1. The number of nitrogens with one attached hydrogen (secondary N) is 1. The molecule has 1 rings (SSSR count). The van der Waals surface area contributed by atoms with Crippen LogP contribution in [0.4, 0.5) is 0 Å². The van der Waals surface area contributed by atoms with Crippen LogP contribution < -0.4 is 11.1 Å². The molecule has 1 aromatic rings. The molecule has 2 unspecified atom stereocenters. The summed E-state index contributed by atoms with van der Waals surface area (Å²) in [4.78, 5) is 13.5. The van der Waals surface area contributed by atoms with Crippen LogP contribution >= 0.6 is 11.3 Å². The molecule has 0 aliphatic carbocycles. The van der Waals surface area contributed by atoms with E-state index in [2.05, 4.69) is 21.7 Å². The number of carbonyl (C=O) groups is 1. The molecule has 0 aliphatic heterocycles. The molecule has 1 heterocycles. The molecule has 1 aromatic heterocycles. The van der Waals surface area contributed by atoms with Crippen molar-refractivity contribution in [2.24, 2.45) is 5.73 Å². The number of nitrogens with zero attached hydrogens (tertiary/aromatic N) is 1. The minimum absolute atomic E-state index is 0.109. The first-order valence-electron chi connectivity index (χ1n) is 5.24. The van der Waals surface area contributed by atoms with Crippen LogP contribution in [0.2, 0.25) is 0 Å². The van der Waals surface area contributed by atoms with Gasteiger partial charge in [0, 0.05) is 6.54 Å². The van der Waals surface area contributed by atoms with Crippen molar-refractivity contribution in [2.45, 2.75) is 19.0 Å². The second kappa shape index (κ2) is 5.98. The summed E-state index contributed by atoms with van der Waals surface area (Å²) in [5, 5.41) is 6.99. The van der Waals surface area contributed by atoms with E-state index in [-0.39, 0.29) is 11.9 Å². The molecular weight excluding hydrogens is 222 g/mol. The lowest BCUT2D eigenvalue weighted by Gasteiger charge is -2.24. The molecule has 0 bridgehead atoms. The SMILES string of the molecule is CC(N)C(=O)NCC(c1ccsc1)N(C)C. The van der Waals surface area contributed by atoms with Crippen LogP contribution in [-0.2, 0) is 4.79 Å². The first-order chi connectivity index (χ1) is 7.52. The van der Waals surface area contributed by atoms with Gasteiger partial charge in [-0.2, -0.15) is 11.3 Å². The van der Waals surface area contributed by atoms with Crippen molar-refractivity contribution in [1.82, 2.24) is 10.2 Å². The van der Waals surface area contributed by atoms with Gasteiger partial charge in [-0.05, 0) is 43.4 Å². The van der Waals surface area contributed by atoms with Gasteiger partial charge in [0.2, 0.25) is 5.91 Å². The Morgan fingerprint density at radius 2 is 2.31 bits per heavy atom. The lowest BCUT2D eigenvalue weighted by molar-refractivity contribution is -0.122. The molecule has 16 heavy (non-hydrogen) atoms. The third-order valence-corrected chi connectivity index (χ3v) is 3.14. The van der Waals surface area contributed by atoms with E-state index in [0.29, 0.717) is 6.54 Å². The number of hydrogen-bond donors (Lipinski definition) is 2. The van der Waals surface area contributed by atoms with Gasteiger partial charge >= 0.3 is 0 Å². The third kappa shape index (κ3) is 3.59. The molecule has 0 fully saturated rings. The van der Waals surface area contributed by atoms with E-state index in [1.165, 1.54) is 5.56 Å². The van der Waals surface area contributed by atoms with Gasteiger partial charge < -0.3 is 16.0 Å². The summed E-state index contributed by atoms with van der Waals surface area (Å²) in [6.07, 6.45) is 0. The molecule has 0 spiro atoms. The van der Waals surface area contributed by atoms with Crippen LogP contribution in [-0.4, -0.2) is 37.5 Å². The van der Waals surface area contributed by atoms with Gasteiger partial charge in [-0.3, -0.25) is 4.79 Å². The van der Waals surface area contributed by atoms with Crippen LogP contribution in [0.15, 0.2) is 16.8 Å². The van der Waals surface area contributed by atoms with Gasteiger partial charge in [0.25, 0.3) is 0 Å². The lowest BCUT2D eigenvalue weighted by Crippen LogP contribution is -2.42. The van der Waals surface area contributed by atoms with E-state index >= 15 is 0 Å². The highest BCUT2D eigenvalue weighted by Gasteiger charge is 2.16. The zero-order valence-corrected chi connectivity index (χ0v) is 10.8. The zero-order valence-electron chi connectivity index (χ0n) is 9.93. The summed E-state index contributed by atoms with van der Waals surface area (Å²) in [6, 6.07) is 1.83. The molecule has 5 heteroatoms. The monoisotopic (exact) mass is 241 g/mol. The molecule has 0 radical (unpaired) electrons. The highest BCUT2D eigenvalue weighted by atomic mass is 32.1. The Balaban J connectivity index is 2.57. The Kier molecular flexibility index (Phi) is 4.92. The summed E-state index contributed by atoms with van der Waals surface area (Å²) in [7, 11) is 4.00. The number of rotatable bonds is 5. The summed E-state index contributed by atoms with van der Waals surface area (Å²) in [5.74, 6) is -0.109. The predicted octanol–water partition coefficient (Wildman–Crippen LogP) is 0.814. The van der Waals surface area contributed by atoms with E-state index in [1.807, 2.05) is 19.5 Å².